The number of nitrogens with zero attached hydrogens (tertiary/aromatic N) is 2. The molecular weight excluding hydrogens is 306 g/mol. The molecule has 0 aliphatic carbocycles. The molecule has 0 bridgehead atoms. The molecule has 1 atom stereocenters. The van der Waals surface area contributed by atoms with Crippen LogP contribution in [0.2, 0.25) is 0 Å². The smallest absolute Gasteiger partial charge is 0.317 e. The number of amides is 2. The Morgan fingerprint density at radius 3 is 2.58 bits per heavy atom. The summed E-state index contributed by atoms with van der Waals surface area (Å²) in [6.45, 7) is 9.08. The summed E-state index contributed by atoms with van der Waals surface area (Å²) in [6, 6.07) is 8.07. The van der Waals surface area contributed by atoms with Crippen LogP contribution in [0.1, 0.15) is 25.5 Å². The number of benzene rings is 1. The van der Waals surface area contributed by atoms with Crippen LogP contribution in [0.15, 0.2) is 24.3 Å². The van der Waals surface area contributed by atoms with Gasteiger partial charge in [-0.1, -0.05) is 18.2 Å². The van der Waals surface area contributed by atoms with Gasteiger partial charge in [0.25, 0.3) is 0 Å². The molecule has 1 saturated heterocycles. The van der Waals surface area contributed by atoms with E-state index in [4.69, 9.17) is 9.47 Å². The predicted molar refractivity (Wildman–Crippen MR) is 94.4 cm³/mol. The fraction of sp³-hybridized carbons (Fsp3) is 0.611. The molecule has 1 aliphatic heterocycles. The van der Waals surface area contributed by atoms with Crippen LogP contribution in [-0.4, -0.2) is 68.9 Å². The number of hydrogen-bond acceptors (Lipinski definition) is 4. The van der Waals surface area contributed by atoms with Gasteiger partial charge in [-0.25, -0.2) is 4.79 Å². The molecule has 1 N–H and O–H groups in total. The minimum absolute atomic E-state index is 0.0202. The highest BCUT2D eigenvalue weighted by atomic mass is 16.5. The highest BCUT2D eigenvalue weighted by Gasteiger charge is 2.26. The van der Waals surface area contributed by atoms with E-state index in [1.807, 2.05) is 32.0 Å². The SMILES string of the molecule is CCN(CC)C(=O)NCC(c1ccccc1OC)N1CCOCC1. The number of nitrogens with one attached hydrogen (secondary N) is 1. The van der Waals surface area contributed by atoms with Crippen molar-refractivity contribution in [1.82, 2.24) is 15.1 Å². The molecule has 6 nitrogen and oxygen atoms in total. The topological polar surface area (TPSA) is 54.0 Å². The Morgan fingerprint density at radius 2 is 1.96 bits per heavy atom. The number of urea groups is 1. The molecule has 1 aromatic carbocycles. The maximum Gasteiger partial charge on any atom is 0.317 e. The number of para-hydroxylation sites is 1. The van der Waals surface area contributed by atoms with Crippen LogP contribution in [0.4, 0.5) is 4.79 Å². The van der Waals surface area contributed by atoms with Gasteiger partial charge in [0.05, 0.1) is 26.4 Å². The molecule has 0 radical (unpaired) electrons. The van der Waals surface area contributed by atoms with Crippen molar-refractivity contribution in [2.75, 3.05) is 53.0 Å². The summed E-state index contributed by atoms with van der Waals surface area (Å²) < 4.78 is 11.0. The predicted octanol–water partition coefficient (Wildman–Crippen LogP) is 2.12. The average molecular weight is 335 g/mol. The lowest BCUT2D eigenvalue weighted by Gasteiger charge is -2.35. The first kappa shape index (κ1) is 18.5. The standard InChI is InChI=1S/C18H29N3O3/c1-4-20(5-2)18(22)19-14-16(21-10-12-24-13-11-21)15-8-6-7-9-17(15)23-3/h6-9,16H,4-5,10-14H2,1-3H3,(H,19,22). The van der Waals surface area contributed by atoms with Crippen molar-refractivity contribution < 1.29 is 14.3 Å². The lowest BCUT2D eigenvalue weighted by Crippen LogP contribution is -2.46. The molecule has 1 unspecified atom stereocenters. The molecule has 1 aliphatic rings. The molecule has 0 spiro atoms. The fourth-order valence-electron chi connectivity index (χ4n) is 3.07. The molecule has 0 saturated carbocycles. The average Bonchev–Trinajstić information content (AvgIpc) is 2.64. The second-order valence-corrected chi connectivity index (χ2v) is 5.76. The molecule has 1 heterocycles. The second kappa shape index (κ2) is 9.49. The third-order valence-corrected chi connectivity index (χ3v) is 4.48. The number of carbonyl (C=O) groups is 1. The van der Waals surface area contributed by atoms with Crippen molar-refractivity contribution in [2.45, 2.75) is 19.9 Å². The molecular formula is C18H29N3O3. The van der Waals surface area contributed by atoms with Crippen LogP contribution >= 0.6 is 0 Å². The molecule has 0 aromatic heterocycles. The molecule has 1 aromatic rings. The van der Waals surface area contributed by atoms with Crippen molar-refractivity contribution in [3.8, 4) is 5.75 Å². The fourth-order valence-corrected chi connectivity index (χ4v) is 3.07. The quantitative estimate of drug-likeness (QED) is 0.829. The van der Waals surface area contributed by atoms with E-state index in [-0.39, 0.29) is 12.1 Å². The zero-order chi connectivity index (χ0) is 17.4. The summed E-state index contributed by atoms with van der Waals surface area (Å²) in [5.74, 6) is 0.853. The van der Waals surface area contributed by atoms with Crippen LogP contribution < -0.4 is 10.1 Å². The monoisotopic (exact) mass is 335 g/mol. The van der Waals surface area contributed by atoms with Gasteiger partial charge in [-0.15, -0.1) is 0 Å². The second-order valence-electron chi connectivity index (χ2n) is 5.76. The zero-order valence-electron chi connectivity index (χ0n) is 15.0. The third-order valence-electron chi connectivity index (χ3n) is 4.48. The van der Waals surface area contributed by atoms with Gasteiger partial charge in [-0.05, 0) is 19.9 Å². The van der Waals surface area contributed by atoms with E-state index in [2.05, 4.69) is 16.3 Å². The first-order valence-electron chi connectivity index (χ1n) is 8.68. The van der Waals surface area contributed by atoms with Crippen molar-refractivity contribution in [3.63, 3.8) is 0 Å². The Labute approximate surface area is 144 Å². The maximum atomic E-state index is 12.3. The van der Waals surface area contributed by atoms with E-state index < -0.39 is 0 Å². The number of rotatable bonds is 7. The molecule has 2 amide bonds. The molecule has 24 heavy (non-hydrogen) atoms. The van der Waals surface area contributed by atoms with E-state index in [1.165, 1.54) is 0 Å². The minimum Gasteiger partial charge on any atom is -0.496 e. The number of carbonyl (C=O) groups excluding carboxylic acids is 1. The Kier molecular flexibility index (Phi) is 7.34. The Bertz CT molecular complexity index is 514. The Morgan fingerprint density at radius 1 is 1.29 bits per heavy atom. The first-order valence-corrected chi connectivity index (χ1v) is 8.68. The number of methoxy groups -OCH3 is 1. The summed E-state index contributed by atoms with van der Waals surface area (Å²) in [6.07, 6.45) is 0. The lowest BCUT2D eigenvalue weighted by molar-refractivity contribution is 0.0160. The van der Waals surface area contributed by atoms with Crippen LogP contribution in [0, 0.1) is 0 Å². The number of hydrogen-bond donors (Lipinski definition) is 1. The van der Waals surface area contributed by atoms with Crippen LogP contribution in [0.3, 0.4) is 0 Å². The maximum absolute atomic E-state index is 12.3. The summed E-state index contributed by atoms with van der Waals surface area (Å²) in [7, 11) is 1.68. The van der Waals surface area contributed by atoms with Crippen molar-refractivity contribution in [1.29, 1.82) is 0 Å². The van der Waals surface area contributed by atoms with Gasteiger partial charge in [0.2, 0.25) is 0 Å². The van der Waals surface area contributed by atoms with Crippen LogP contribution in [0.25, 0.3) is 0 Å². The van der Waals surface area contributed by atoms with E-state index in [0.29, 0.717) is 19.6 Å². The Balaban J connectivity index is 2.15. The van der Waals surface area contributed by atoms with Gasteiger partial charge in [0.1, 0.15) is 5.75 Å². The van der Waals surface area contributed by atoms with Gasteiger partial charge >= 0.3 is 6.03 Å². The van der Waals surface area contributed by atoms with E-state index in [9.17, 15) is 4.79 Å². The molecule has 2 rings (SSSR count). The summed E-state index contributed by atoms with van der Waals surface area (Å²) >= 11 is 0. The number of ether oxygens (including phenoxy) is 2. The highest BCUT2D eigenvalue weighted by Crippen LogP contribution is 2.29. The third kappa shape index (κ3) is 4.61. The first-order chi connectivity index (χ1) is 11.7. The summed E-state index contributed by atoms with van der Waals surface area (Å²) in [5.41, 5.74) is 1.10. The van der Waals surface area contributed by atoms with Crippen LogP contribution in [-0.2, 0) is 4.74 Å². The summed E-state index contributed by atoms with van der Waals surface area (Å²) in [5, 5.41) is 3.08. The lowest BCUT2D eigenvalue weighted by atomic mass is 10.0. The van der Waals surface area contributed by atoms with Gasteiger partial charge in [-0.3, -0.25) is 4.90 Å². The number of morpholine rings is 1. The highest BCUT2D eigenvalue weighted by molar-refractivity contribution is 5.74. The summed E-state index contributed by atoms with van der Waals surface area (Å²) in [4.78, 5) is 16.5. The van der Waals surface area contributed by atoms with Crippen molar-refractivity contribution in [2.24, 2.45) is 0 Å². The van der Waals surface area contributed by atoms with E-state index >= 15 is 0 Å². The van der Waals surface area contributed by atoms with Crippen LogP contribution in [0.5, 0.6) is 5.75 Å². The van der Waals surface area contributed by atoms with E-state index in [0.717, 1.165) is 37.6 Å². The zero-order valence-corrected chi connectivity index (χ0v) is 15.0. The van der Waals surface area contributed by atoms with E-state index in [1.54, 1.807) is 12.0 Å². The minimum atomic E-state index is -0.0202. The molecule has 134 valence electrons. The van der Waals surface area contributed by atoms with Gasteiger partial charge in [0, 0.05) is 38.3 Å². The largest absolute Gasteiger partial charge is 0.496 e. The van der Waals surface area contributed by atoms with Gasteiger partial charge in [-0.2, -0.15) is 0 Å². The molecule has 6 heteroatoms. The Hall–Kier alpha value is -1.79. The van der Waals surface area contributed by atoms with Crippen molar-refractivity contribution in [3.05, 3.63) is 29.8 Å². The van der Waals surface area contributed by atoms with Gasteiger partial charge in [0.15, 0.2) is 0 Å². The van der Waals surface area contributed by atoms with Crippen molar-refractivity contribution >= 4 is 6.03 Å². The molecule has 1 fully saturated rings. The van der Waals surface area contributed by atoms with Gasteiger partial charge < -0.3 is 19.7 Å². The normalized spacial score (nSPS) is 16.5.